The molecule has 0 atom stereocenters. The fourth-order valence-electron chi connectivity index (χ4n) is 1.38. The second kappa shape index (κ2) is 5.35. The third-order valence-corrected chi connectivity index (χ3v) is 4.22. The van der Waals surface area contributed by atoms with Crippen molar-refractivity contribution < 1.29 is 27.1 Å². The van der Waals surface area contributed by atoms with E-state index in [9.17, 15) is 22.0 Å². The van der Waals surface area contributed by atoms with E-state index in [4.69, 9.17) is 5.11 Å². The van der Waals surface area contributed by atoms with Crippen molar-refractivity contribution in [1.82, 2.24) is 4.31 Å². The first-order valence-corrected chi connectivity index (χ1v) is 6.55. The van der Waals surface area contributed by atoms with Crippen LogP contribution in [0.5, 0.6) is 0 Å². The summed E-state index contributed by atoms with van der Waals surface area (Å²) < 4.78 is 50.5. The van der Waals surface area contributed by atoms with Gasteiger partial charge in [0.05, 0.1) is 4.90 Å². The molecule has 1 aromatic rings. The molecule has 0 spiro atoms. The van der Waals surface area contributed by atoms with Crippen LogP contribution in [0.1, 0.15) is 6.92 Å². The molecule has 0 saturated heterocycles. The molecule has 0 aliphatic heterocycles. The lowest BCUT2D eigenvalue weighted by atomic mass is 10.3. The highest BCUT2D eigenvalue weighted by atomic mass is 32.2. The highest BCUT2D eigenvalue weighted by molar-refractivity contribution is 7.89. The number of hydrogen-bond donors (Lipinski definition) is 1. The molecule has 0 aliphatic rings. The summed E-state index contributed by atoms with van der Waals surface area (Å²) in [6.45, 7) is 4.33. The predicted octanol–water partition coefficient (Wildman–Crippen LogP) is 1.57. The number of carbonyl (C=O) groups is 1. The lowest BCUT2D eigenvalue weighted by molar-refractivity contribution is -0.133. The van der Waals surface area contributed by atoms with Crippen LogP contribution in [0, 0.1) is 11.6 Å². The molecule has 104 valence electrons. The van der Waals surface area contributed by atoms with Crippen LogP contribution in [-0.2, 0) is 14.8 Å². The van der Waals surface area contributed by atoms with Gasteiger partial charge in [0.1, 0.15) is 5.70 Å². The number of benzene rings is 1. The van der Waals surface area contributed by atoms with Crippen LogP contribution in [-0.4, -0.2) is 30.3 Å². The summed E-state index contributed by atoms with van der Waals surface area (Å²) in [5.74, 6) is -4.05. The molecule has 0 amide bonds. The smallest absolute Gasteiger partial charge is 0.352 e. The Labute approximate surface area is 108 Å². The van der Waals surface area contributed by atoms with Gasteiger partial charge in [0.15, 0.2) is 11.6 Å². The first-order chi connectivity index (χ1) is 8.71. The SMILES string of the molecule is C=C(C(=O)O)N(CC)S(=O)(=O)c1ccc(F)c(F)c1. The summed E-state index contributed by atoms with van der Waals surface area (Å²) in [5.41, 5.74) is -0.674. The first-order valence-electron chi connectivity index (χ1n) is 5.11. The van der Waals surface area contributed by atoms with Crippen molar-refractivity contribution in [2.75, 3.05) is 6.54 Å². The van der Waals surface area contributed by atoms with Gasteiger partial charge in [0.2, 0.25) is 0 Å². The van der Waals surface area contributed by atoms with Gasteiger partial charge in [-0.15, -0.1) is 0 Å². The average Bonchev–Trinajstić information content (AvgIpc) is 2.32. The van der Waals surface area contributed by atoms with E-state index < -0.39 is 38.2 Å². The predicted molar refractivity (Wildman–Crippen MR) is 62.7 cm³/mol. The number of rotatable bonds is 5. The van der Waals surface area contributed by atoms with Crippen LogP contribution in [0.2, 0.25) is 0 Å². The van der Waals surface area contributed by atoms with Gasteiger partial charge in [0.25, 0.3) is 10.0 Å². The van der Waals surface area contributed by atoms with Gasteiger partial charge < -0.3 is 5.11 Å². The van der Waals surface area contributed by atoms with E-state index in [2.05, 4.69) is 6.58 Å². The quantitative estimate of drug-likeness (QED) is 0.836. The Kier molecular flexibility index (Phi) is 4.25. The molecule has 0 fully saturated rings. The Bertz CT molecular complexity index is 628. The van der Waals surface area contributed by atoms with Gasteiger partial charge >= 0.3 is 5.97 Å². The van der Waals surface area contributed by atoms with Crippen LogP contribution in [0.25, 0.3) is 0 Å². The number of carboxylic acid groups (broad SMARTS) is 1. The van der Waals surface area contributed by atoms with Crippen LogP contribution in [0.15, 0.2) is 35.4 Å². The number of carboxylic acids is 1. The zero-order chi connectivity index (χ0) is 14.8. The summed E-state index contributed by atoms with van der Waals surface area (Å²) in [4.78, 5) is 10.2. The molecule has 8 heteroatoms. The Morgan fingerprint density at radius 2 is 1.95 bits per heavy atom. The summed E-state index contributed by atoms with van der Waals surface area (Å²) >= 11 is 0. The Balaban J connectivity index is 3.32. The average molecular weight is 291 g/mol. The third kappa shape index (κ3) is 2.90. The second-order valence-corrected chi connectivity index (χ2v) is 5.36. The van der Waals surface area contributed by atoms with E-state index >= 15 is 0 Å². The zero-order valence-corrected chi connectivity index (χ0v) is 10.7. The minimum atomic E-state index is -4.29. The Morgan fingerprint density at radius 1 is 1.37 bits per heavy atom. The largest absolute Gasteiger partial charge is 0.477 e. The van der Waals surface area contributed by atoms with E-state index in [0.717, 1.165) is 6.07 Å². The molecule has 0 bridgehead atoms. The maximum absolute atomic E-state index is 13.0. The number of sulfonamides is 1. The Morgan fingerprint density at radius 3 is 2.37 bits per heavy atom. The standard InChI is InChI=1S/C11H11F2NO4S/c1-3-14(7(2)11(15)16)19(17,18)8-4-5-9(12)10(13)6-8/h4-6H,2-3H2,1H3,(H,15,16). The van der Waals surface area contributed by atoms with Crippen LogP contribution < -0.4 is 0 Å². The molecule has 0 heterocycles. The fraction of sp³-hybridized carbons (Fsp3) is 0.182. The molecule has 0 aromatic heterocycles. The van der Waals surface area contributed by atoms with Crippen molar-refractivity contribution in [1.29, 1.82) is 0 Å². The third-order valence-electron chi connectivity index (χ3n) is 2.31. The lowest BCUT2D eigenvalue weighted by Gasteiger charge is -2.22. The fourth-order valence-corrected chi connectivity index (χ4v) is 2.83. The molecule has 19 heavy (non-hydrogen) atoms. The zero-order valence-electron chi connectivity index (χ0n) is 9.93. The minimum Gasteiger partial charge on any atom is -0.477 e. The van der Waals surface area contributed by atoms with Crippen molar-refractivity contribution in [3.63, 3.8) is 0 Å². The molecule has 0 aliphatic carbocycles. The minimum absolute atomic E-state index is 0.202. The normalized spacial score (nSPS) is 11.1. The lowest BCUT2D eigenvalue weighted by Crippen LogP contribution is -2.33. The number of hydrogen-bond acceptors (Lipinski definition) is 3. The van der Waals surface area contributed by atoms with Crippen molar-refractivity contribution >= 4 is 16.0 Å². The summed E-state index contributed by atoms with van der Waals surface area (Å²) in [5, 5.41) is 8.75. The summed E-state index contributed by atoms with van der Waals surface area (Å²) in [7, 11) is -4.29. The monoisotopic (exact) mass is 291 g/mol. The molecular formula is C11H11F2NO4S. The van der Waals surface area contributed by atoms with Crippen molar-refractivity contribution in [2.24, 2.45) is 0 Å². The summed E-state index contributed by atoms with van der Waals surface area (Å²) in [6, 6.07) is 1.99. The van der Waals surface area contributed by atoms with Gasteiger partial charge in [-0.1, -0.05) is 6.58 Å². The van der Waals surface area contributed by atoms with E-state index in [1.165, 1.54) is 6.92 Å². The maximum atomic E-state index is 13.0. The van der Waals surface area contributed by atoms with Crippen LogP contribution >= 0.6 is 0 Å². The van der Waals surface area contributed by atoms with Crippen LogP contribution in [0.4, 0.5) is 8.78 Å². The van der Waals surface area contributed by atoms with Crippen molar-refractivity contribution in [3.8, 4) is 0 Å². The van der Waals surface area contributed by atoms with Gasteiger partial charge in [-0.25, -0.2) is 22.0 Å². The van der Waals surface area contributed by atoms with Gasteiger partial charge in [-0.2, -0.15) is 0 Å². The molecule has 1 aromatic carbocycles. The van der Waals surface area contributed by atoms with Crippen molar-refractivity contribution in [2.45, 2.75) is 11.8 Å². The highest BCUT2D eigenvalue weighted by Gasteiger charge is 2.28. The molecular weight excluding hydrogens is 280 g/mol. The van der Waals surface area contributed by atoms with E-state index in [0.29, 0.717) is 16.4 Å². The molecule has 1 rings (SSSR count). The Hall–Kier alpha value is -1.96. The molecule has 0 unspecified atom stereocenters. The number of aliphatic carboxylic acids is 1. The van der Waals surface area contributed by atoms with E-state index in [-0.39, 0.29) is 6.54 Å². The van der Waals surface area contributed by atoms with Gasteiger partial charge in [-0.3, -0.25) is 4.31 Å². The molecule has 0 saturated carbocycles. The van der Waals surface area contributed by atoms with E-state index in [1.54, 1.807) is 0 Å². The molecule has 1 N–H and O–H groups in total. The molecule has 0 radical (unpaired) electrons. The highest BCUT2D eigenvalue weighted by Crippen LogP contribution is 2.21. The van der Waals surface area contributed by atoms with Gasteiger partial charge in [0, 0.05) is 6.54 Å². The molecule has 5 nitrogen and oxygen atoms in total. The first kappa shape index (κ1) is 15.1. The second-order valence-electron chi connectivity index (χ2n) is 3.50. The number of nitrogens with zero attached hydrogens (tertiary/aromatic N) is 1. The summed E-state index contributed by atoms with van der Waals surface area (Å²) in [6.07, 6.45) is 0. The topological polar surface area (TPSA) is 74.7 Å². The van der Waals surface area contributed by atoms with Gasteiger partial charge in [-0.05, 0) is 25.1 Å². The van der Waals surface area contributed by atoms with E-state index in [1.807, 2.05) is 0 Å². The maximum Gasteiger partial charge on any atom is 0.352 e. The van der Waals surface area contributed by atoms with Crippen molar-refractivity contribution in [3.05, 3.63) is 42.1 Å². The number of likely N-dealkylation sites (N-methyl/N-ethyl adjacent to an activating group) is 1. The van der Waals surface area contributed by atoms with Crippen LogP contribution in [0.3, 0.4) is 0 Å². The number of halogens is 2.